The van der Waals surface area contributed by atoms with E-state index in [1.807, 2.05) is 6.20 Å². The molecule has 1 aromatic carbocycles. The van der Waals surface area contributed by atoms with E-state index in [0.717, 1.165) is 18.5 Å². The Morgan fingerprint density at radius 3 is 2.95 bits per heavy atom. The van der Waals surface area contributed by atoms with Crippen molar-refractivity contribution in [2.24, 2.45) is 5.92 Å². The molecule has 2 aromatic rings. The Balaban J connectivity index is 1.59. The van der Waals surface area contributed by atoms with Crippen LogP contribution in [0, 0.1) is 5.92 Å². The molecule has 4 rings (SSSR count). The van der Waals surface area contributed by atoms with Gasteiger partial charge in [-0.2, -0.15) is 0 Å². The van der Waals surface area contributed by atoms with Gasteiger partial charge in [-0.1, -0.05) is 19.3 Å². The summed E-state index contributed by atoms with van der Waals surface area (Å²) < 4.78 is 0. The Kier molecular flexibility index (Phi) is 3.18. The average Bonchev–Trinajstić information content (AvgIpc) is 2.95. The second-order valence-electron chi connectivity index (χ2n) is 6.84. The van der Waals surface area contributed by atoms with Crippen LogP contribution in [0.4, 0.5) is 5.69 Å². The van der Waals surface area contributed by atoms with E-state index in [9.17, 15) is 5.11 Å². The molecule has 112 valence electrons. The average molecular weight is 284 g/mol. The van der Waals surface area contributed by atoms with E-state index in [1.165, 1.54) is 43.0 Å². The summed E-state index contributed by atoms with van der Waals surface area (Å²) in [7, 11) is 0. The molecule has 0 spiro atoms. The largest absolute Gasteiger partial charge is 0.387 e. The van der Waals surface area contributed by atoms with Gasteiger partial charge in [-0.05, 0) is 55.9 Å². The lowest BCUT2D eigenvalue weighted by atomic mass is 9.65. The first-order valence-electron chi connectivity index (χ1n) is 8.32. The molecule has 0 saturated heterocycles. The lowest BCUT2D eigenvalue weighted by molar-refractivity contribution is -0.0835. The van der Waals surface area contributed by atoms with Crippen LogP contribution in [0.3, 0.4) is 0 Å². The van der Waals surface area contributed by atoms with Gasteiger partial charge in [-0.15, -0.1) is 0 Å². The van der Waals surface area contributed by atoms with E-state index in [4.69, 9.17) is 0 Å². The van der Waals surface area contributed by atoms with Gasteiger partial charge in [0.15, 0.2) is 0 Å². The maximum absolute atomic E-state index is 11.2. The van der Waals surface area contributed by atoms with E-state index < -0.39 is 5.60 Å². The van der Waals surface area contributed by atoms with Crippen molar-refractivity contribution < 1.29 is 5.11 Å². The van der Waals surface area contributed by atoms with Crippen LogP contribution in [-0.4, -0.2) is 21.7 Å². The summed E-state index contributed by atoms with van der Waals surface area (Å²) in [6.07, 6.45) is 10.1. The van der Waals surface area contributed by atoms with Gasteiger partial charge in [0.25, 0.3) is 0 Å². The fourth-order valence-corrected chi connectivity index (χ4v) is 4.47. The maximum Gasteiger partial charge on any atom is 0.0875 e. The molecule has 3 N–H and O–H groups in total. The van der Waals surface area contributed by atoms with Gasteiger partial charge in [0.1, 0.15) is 0 Å². The van der Waals surface area contributed by atoms with Crippen molar-refractivity contribution in [1.82, 2.24) is 4.98 Å². The SMILES string of the molecule is O[C@]12CCCC[C@@H]1CCCC2Nc1ccc2[nH]ccc2c1. The van der Waals surface area contributed by atoms with Gasteiger partial charge < -0.3 is 15.4 Å². The van der Waals surface area contributed by atoms with Crippen LogP contribution in [-0.2, 0) is 0 Å². The number of nitrogens with one attached hydrogen (secondary N) is 2. The third kappa shape index (κ3) is 2.24. The van der Waals surface area contributed by atoms with E-state index >= 15 is 0 Å². The maximum atomic E-state index is 11.2. The Labute approximate surface area is 125 Å². The first-order chi connectivity index (χ1) is 10.3. The fourth-order valence-electron chi connectivity index (χ4n) is 4.47. The first-order valence-corrected chi connectivity index (χ1v) is 8.32. The van der Waals surface area contributed by atoms with Crippen molar-refractivity contribution in [3.63, 3.8) is 0 Å². The van der Waals surface area contributed by atoms with E-state index in [1.54, 1.807) is 0 Å². The highest BCUT2D eigenvalue weighted by atomic mass is 16.3. The number of H-pyrrole nitrogens is 1. The molecule has 3 heteroatoms. The van der Waals surface area contributed by atoms with Crippen LogP contribution in [0.5, 0.6) is 0 Å². The van der Waals surface area contributed by atoms with E-state index in [0.29, 0.717) is 5.92 Å². The zero-order valence-electron chi connectivity index (χ0n) is 12.4. The molecular formula is C18H24N2O. The number of hydrogen-bond donors (Lipinski definition) is 3. The van der Waals surface area contributed by atoms with E-state index in [-0.39, 0.29) is 6.04 Å². The zero-order chi connectivity index (χ0) is 14.3. The number of anilines is 1. The molecule has 1 heterocycles. The second-order valence-corrected chi connectivity index (χ2v) is 6.84. The molecule has 2 aliphatic carbocycles. The monoisotopic (exact) mass is 284 g/mol. The normalized spacial score (nSPS) is 32.8. The summed E-state index contributed by atoms with van der Waals surface area (Å²) in [5.74, 6) is 0.494. The summed E-state index contributed by atoms with van der Waals surface area (Å²) in [4.78, 5) is 3.23. The molecule has 1 aromatic heterocycles. The molecule has 2 saturated carbocycles. The number of aromatic nitrogens is 1. The lowest BCUT2D eigenvalue weighted by Gasteiger charge is -2.49. The topological polar surface area (TPSA) is 48.0 Å². The highest BCUT2D eigenvalue weighted by Crippen LogP contribution is 2.44. The van der Waals surface area contributed by atoms with Gasteiger partial charge in [-0.25, -0.2) is 0 Å². The van der Waals surface area contributed by atoms with Gasteiger partial charge in [0.05, 0.1) is 11.6 Å². The molecule has 3 nitrogen and oxygen atoms in total. The number of aromatic amines is 1. The number of benzene rings is 1. The first kappa shape index (κ1) is 13.2. The van der Waals surface area contributed by atoms with Crippen molar-refractivity contribution >= 4 is 16.6 Å². The predicted molar refractivity (Wildman–Crippen MR) is 86.5 cm³/mol. The van der Waals surface area contributed by atoms with Crippen LogP contribution in [0.2, 0.25) is 0 Å². The molecule has 0 bridgehead atoms. The standard InChI is InChI=1S/C18H24N2O/c21-18-10-2-1-4-14(18)5-3-6-17(18)20-15-7-8-16-13(12-15)9-11-19-16/h7-9,11-12,14,17,19-21H,1-6,10H2/t14-,17?,18-/m1/s1. The predicted octanol–water partition coefficient (Wildman–Crippen LogP) is 4.05. The third-order valence-electron chi connectivity index (χ3n) is 5.63. The zero-order valence-corrected chi connectivity index (χ0v) is 12.4. The van der Waals surface area contributed by atoms with Crippen molar-refractivity contribution in [3.8, 4) is 0 Å². The summed E-state index contributed by atoms with van der Waals surface area (Å²) in [5.41, 5.74) is 1.80. The summed E-state index contributed by atoms with van der Waals surface area (Å²) in [6.45, 7) is 0. The van der Waals surface area contributed by atoms with Crippen molar-refractivity contribution in [3.05, 3.63) is 30.5 Å². The number of hydrogen-bond acceptors (Lipinski definition) is 2. The van der Waals surface area contributed by atoms with Crippen LogP contribution in [0.15, 0.2) is 30.5 Å². The summed E-state index contributed by atoms with van der Waals surface area (Å²) in [6, 6.07) is 8.71. The molecule has 0 amide bonds. The molecular weight excluding hydrogens is 260 g/mol. The number of rotatable bonds is 2. The molecule has 3 atom stereocenters. The van der Waals surface area contributed by atoms with E-state index in [2.05, 4.69) is 34.6 Å². The minimum Gasteiger partial charge on any atom is -0.387 e. The molecule has 21 heavy (non-hydrogen) atoms. The number of aliphatic hydroxyl groups is 1. The number of fused-ring (bicyclic) bond motifs is 2. The van der Waals surface area contributed by atoms with Gasteiger partial charge in [0.2, 0.25) is 0 Å². The molecule has 1 unspecified atom stereocenters. The fraction of sp³-hybridized carbons (Fsp3) is 0.556. The highest BCUT2D eigenvalue weighted by Gasteiger charge is 2.47. The Bertz CT molecular complexity index is 633. The van der Waals surface area contributed by atoms with Crippen molar-refractivity contribution in [2.45, 2.75) is 56.6 Å². The van der Waals surface area contributed by atoms with Crippen LogP contribution < -0.4 is 5.32 Å². The molecule has 2 aliphatic rings. The molecule has 0 aliphatic heterocycles. The van der Waals surface area contributed by atoms with Crippen molar-refractivity contribution in [2.75, 3.05) is 5.32 Å². The minimum absolute atomic E-state index is 0.202. The highest BCUT2D eigenvalue weighted by molar-refractivity contribution is 5.83. The van der Waals surface area contributed by atoms with Crippen molar-refractivity contribution in [1.29, 1.82) is 0 Å². The Hall–Kier alpha value is -1.48. The van der Waals surface area contributed by atoms with Crippen LogP contribution in [0.25, 0.3) is 10.9 Å². The van der Waals surface area contributed by atoms with Gasteiger partial charge in [-0.3, -0.25) is 0 Å². The Morgan fingerprint density at radius 1 is 1.10 bits per heavy atom. The lowest BCUT2D eigenvalue weighted by Crippen LogP contribution is -2.56. The molecule has 0 radical (unpaired) electrons. The van der Waals surface area contributed by atoms with Gasteiger partial charge >= 0.3 is 0 Å². The van der Waals surface area contributed by atoms with Crippen LogP contribution >= 0.6 is 0 Å². The quantitative estimate of drug-likeness (QED) is 0.779. The van der Waals surface area contributed by atoms with Gasteiger partial charge in [0, 0.05) is 22.8 Å². The third-order valence-corrected chi connectivity index (χ3v) is 5.63. The smallest absolute Gasteiger partial charge is 0.0875 e. The Morgan fingerprint density at radius 2 is 2.00 bits per heavy atom. The summed E-state index contributed by atoms with van der Waals surface area (Å²) in [5, 5.41) is 16.1. The van der Waals surface area contributed by atoms with Crippen LogP contribution in [0.1, 0.15) is 44.9 Å². The summed E-state index contributed by atoms with van der Waals surface area (Å²) >= 11 is 0. The minimum atomic E-state index is -0.496. The molecule has 2 fully saturated rings. The second kappa shape index (κ2) is 5.06.